The molecule has 80 valence electrons. The summed E-state index contributed by atoms with van der Waals surface area (Å²) in [7, 11) is 0. The summed E-state index contributed by atoms with van der Waals surface area (Å²) in [6.07, 6.45) is 5.89. The van der Waals surface area contributed by atoms with Crippen LogP contribution in [0.2, 0.25) is 0 Å². The van der Waals surface area contributed by atoms with E-state index in [2.05, 4.69) is 10.3 Å². The van der Waals surface area contributed by atoms with Gasteiger partial charge in [0.1, 0.15) is 5.75 Å². The number of hydrogen-bond donors (Lipinski definition) is 2. The third kappa shape index (κ3) is 2.26. The first-order chi connectivity index (χ1) is 7.27. The number of hydrogen-bond acceptors (Lipinski definition) is 3. The fourth-order valence-corrected chi connectivity index (χ4v) is 1.90. The minimum atomic E-state index is -0.278. The molecule has 0 atom stereocenters. The van der Waals surface area contributed by atoms with Crippen LogP contribution in [0, 0.1) is 0 Å². The van der Waals surface area contributed by atoms with Crippen LogP contribution in [0.4, 0.5) is 0 Å². The normalized spacial score (nSPS) is 16.5. The highest BCUT2D eigenvalue weighted by atomic mass is 16.3. The molecule has 1 fully saturated rings. The minimum absolute atomic E-state index is 0.0620. The zero-order chi connectivity index (χ0) is 10.7. The van der Waals surface area contributed by atoms with Gasteiger partial charge in [0, 0.05) is 12.2 Å². The average Bonchev–Trinajstić information content (AvgIpc) is 2.71. The molecular formula is C11H14N2O2. The molecule has 15 heavy (non-hydrogen) atoms. The smallest absolute Gasteiger partial charge is 0.273 e. The molecule has 1 amide bonds. The first-order valence-corrected chi connectivity index (χ1v) is 5.22. The van der Waals surface area contributed by atoms with E-state index in [4.69, 9.17) is 0 Å². The van der Waals surface area contributed by atoms with Crippen molar-refractivity contribution >= 4 is 5.91 Å². The molecule has 1 aliphatic rings. The van der Waals surface area contributed by atoms with Crippen LogP contribution in [0.5, 0.6) is 5.75 Å². The standard InChI is InChI=1S/C11H14N2O2/c14-9-6-3-7-12-10(9)11(15)13-8-4-1-2-5-8/h3,6-8,14H,1-2,4-5H2,(H,13,15). The third-order valence-electron chi connectivity index (χ3n) is 2.69. The summed E-state index contributed by atoms with van der Waals surface area (Å²) in [5.41, 5.74) is 0.115. The molecule has 1 aromatic heterocycles. The topological polar surface area (TPSA) is 62.2 Å². The van der Waals surface area contributed by atoms with Crippen LogP contribution in [-0.4, -0.2) is 22.0 Å². The quantitative estimate of drug-likeness (QED) is 0.770. The predicted octanol–water partition coefficient (Wildman–Crippen LogP) is 1.46. The number of nitrogens with one attached hydrogen (secondary N) is 1. The number of rotatable bonds is 2. The molecule has 2 rings (SSSR count). The lowest BCUT2D eigenvalue weighted by molar-refractivity contribution is 0.0930. The highest BCUT2D eigenvalue weighted by Crippen LogP contribution is 2.19. The van der Waals surface area contributed by atoms with Crippen LogP contribution >= 0.6 is 0 Å². The SMILES string of the molecule is O=C(NC1CCCC1)c1ncccc1O. The summed E-state index contributed by atoms with van der Waals surface area (Å²) in [4.78, 5) is 15.5. The van der Waals surface area contributed by atoms with Crippen LogP contribution in [0.1, 0.15) is 36.2 Å². The predicted molar refractivity (Wildman–Crippen MR) is 55.6 cm³/mol. The number of aromatic hydroxyl groups is 1. The molecule has 0 spiro atoms. The second-order valence-corrected chi connectivity index (χ2v) is 3.83. The Labute approximate surface area is 88.3 Å². The maximum absolute atomic E-state index is 11.7. The Bertz CT molecular complexity index is 359. The summed E-state index contributed by atoms with van der Waals surface area (Å²) in [5, 5.41) is 12.3. The second kappa shape index (κ2) is 4.29. The lowest BCUT2D eigenvalue weighted by atomic mass is 10.2. The van der Waals surface area contributed by atoms with Crippen LogP contribution in [0.15, 0.2) is 18.3 Å². The maximum Gasteiger partial charge on any atom is 0.273 e. The Balaban J connectivity index is 2.04. The van der Waals surface area contributed by atoms with Crippen LogP contribution in [0.25, 0.3) is 0 Å². The summed E-state index contributed by atoms with van der Waals surface area (Å²) in [5.74, 6) is -0.340. The Morgan fingerprint density at radius 3 is 2.87 bits per heavy atom. The molecule has 4 nitrogen and oxygen atoms in total. The van der Waals surface area contributed by atoms with E-state index in [1.54, 1.807) is 6.07 Å². The third-order valence-corrected chi connectivity index (χ3v) is 2.69. The van der Waals surface area contributed by atoms with Gasteiger partial charge in [-0.25, -0.2) is 4.98 Å². The van der Waals surface area contributed by atoms with Crippen molar-refractivity contribution in [2.24, 2.45) is 0 Å². The van der Waals surface area contributed by atoms with Crippen molar-refractivity contribution in [3.63, 3.8) is 0 Å². The fraction of sp³-hybridized carbons (Fsp3) is 0.455. The molecule has 1 saturated carbocycles. The lowest BCUT2D eigenvalue weighted by Gasteiger charge is -2.11. The summed E-state index contributed by atoms with van der Waals surface area (Å²) in [6.45, 7) is 0. The number of pyridine rings is 1. The van der Waals surface area contributed by atoms with Gasteiger partial charge >= 0.3 is 0 Å². The van der Waals surface area contributed by atoms with E-state index in [1.807, 2.05) is 0 Å². The molecule has 1 aromatic rings. The van der Waals surface area contributed by atoms with Crippen LogP contribution in [-0.2, 0) is 0 Å². The lowest BCUT2D eigenvalue weighted by Crippen LogP contribution is -2.33. The zero-order valence-corrected chi connectivity index (χ0v) is 8.44. The molecule has 1 heterocycles. The van der Waals surface area contributed by atoms with Gasteiger partial charge in [-0.05, 0) is 25.0 Å². The maximum atomic E-state index is 11.7. The first kappa shape index (κ1) is 9.96. The largest absolute Gasteiger partial charge is 0.505 e. The van der Waals surface area contributed by atoms with Gasteiger partial charge in [-0.3, -0.25) is 4.79 Å². The summed E-state index contributed by atoms with van der Waals surface area (Å²) in [6, 6.07) is 3.32. The van der Waals surface area contributed by atoms with Crippen LogP contribution in [0.3, 0.4) is 0 Å². The number of carbonyl (C=O) groups is 1. The highest BCUT2D eigenvalue weighted by Gasteiger charge is 2.20. The van der Waals surface area contributed by atoms with E-state index < -0.39 is 0 Å². The molecule has 0 bridgehead atoms. The van der Waals surface area contributed by atoms with Crippen molar-refractivity contribution < 1.29 is 9.90 Å². The van der Waals surface area contributed by atoms with Crippen molar-refractivity contribution in [1.82, 2.24) is 10.3 Å². The van der Waals surface area contributed by atoms with E-state index in [1.165, 1.54) is 25.1 Å². The highest BCUT2D eigenvalue weighted by molar-refractivity contribution is 5.94. The summed E-state index contributed by atoms with van der Waals surface area (Å²) >= 11 is 0. The Morgan fingerprint density at radius 1 is 1.47 bits per heavy atom. The minimum Gasteiger partial charge on any atom is -0.505 e. The van der Waals surface area contributed by atoms with Gasteiger partial charge in [-0.2, -0.15) is 0 Å². The van der Waals surface area contributed by atoms with Gasteiger partial charge in [0.2, 0.25) is 0 Å². The Kier molecular flexibility index (Phi) is 2.85. The van der Waals surface area contributed by atoms with Crippen LogP contribution < -0.4 is 5.32 Å². The second-order valence-electron chi connectivity index (χ2n) is 3.83. The van der Waals surface area contributed by atoms with E-state index in [0.29, 0.717) is 0 Å². The van der Waals surface area contributed by atoms with E-state index >= 15 is 0 Å². The molecule has 0 saturated heterocycles. The van der Waals surface area contributed by atoms with Crippen molar-refractivity contribution in [1.29, 1.82) is 0 Å². The number of amides is 1. The molecule has 1 aliphatic carbocycles. The van der Waals surface area contributed by atoms with Gasteiger partial charge in [0.15, 0.2) is 5.69 Å². The van der Waals surface area contributed by atoms with E-state index in [9.17, 15) is 9.90 Å². The molecule has 2 N–H and O–H groups in total. The number of carbonyl (C=O) groups excluding carboxylic acids is 1. The molecule has 0 unspecified atom stereocenters. The van der Waals surface area contributed by atoms with Crippen molar-refractivity contribution in [2.75, 3.05) is 0 Å². The van der Waals surface area contributed by atoms with E-state index in [-0.39, 0.29) is 23.4 Å². The van der Waals surface area contributed by atoms with Crippen molar-refractivity contribution in [3.8, 4) is 5.75 Å². The molecule has 0 radical (unpaired) electrons. The number of nitrogens with zero attached hydrogens (tertiary/aromatic N) is 1. The molecule has 0 aromatic carbocycles. The van der Waals surface area contributed by atoms with Gasteiger partial charge in [0.25, 0.3) is 5.91 Å². The zero-order valence-electron chi connectivity index (χ0n) is 8.44. The van der Waals surface area contributed by atoms with E-state index in [0.717, 1.165) is 12.8 Å². The van der Waals surface area contributed by atoms with Gasteiger partial charge < -0.3 is 10.4 Å². The monoisotopic (exact) mass is 206 g/mol. The summed E-state index contributed by atoms with van der Waals surface area (Å²) < 4.78 is 0. The Hall–Kier alpha value is -1.58. The van der Waals surface area contributed by atoms with Gasteiger partial charge in [0.05, 0.1) is 0 Å². The number of aromatic nitrogens is 1. The molecule has 0 aliphatic heterocycles. The fourth-order valence-electron chi connectivity index (χ4n) is 1.90. The Morgan fingerprint density at radius 2 is 2.20 bits per heavy atom. The first-order valence-electron chi connectivity index (χ1n) is 5.22. The van der Waals surface area contributed by atoms with Crippen molar-refractivity contribution in [2.45, 2.75) is 31.7 Å². The van der Waals surface area contributed by atoms with Gasteiger partial charge in [-0.1, -0.05) is 12.8 Å². The molecule has 4 heteroatoms. The van der Waals surface area contributed by atoms with Crippen molar-refractivity contribution in [3.05, 3.63) is 24.0 Å². The molecular weight excluding hydrogens is 192 g/mol. The average molecular weight is 206 g/mol. The van der Waals surface area contributed by atoms with Gasteiger partial charge in [-0.15, -0.1) is 0 Å².